The summed E-state index contributed by atoms with van der Waals surface area (Å²) in [6.07, 6.45) is 3.09. The lowest BCUT2D eigenvalue weighted by Crippen LogP contribution is -2.05. The van der Waals surface area contributed by atoms with Gasteiger partial charge in [-0.3, -0.25) is 4.79 Å². The summed E-state index contributed by atoms with van der Waals surface area (Å²) in [5, 5.41) is 2.29. The van der Waals surface area contributed by atoms with Crippen molar-refractivity contribution in [1.82, 2.24) is 0 Å². The zero-order chi connectivity index (χ0) is 16.2. The van der Waals surface area contributed by atoms with E-state index in [0.29, 0.717) is 0 Å². The van der Waals surface area contributed by atoms with Crippen molar-refractivity contribution >= 4 is 22.8 Å². The number of ether oxygens (including phenoxy) is 1. The lowest BCUT2D eigenvalue weighted by molar-refractivity contribution is -0.113. The van der Waals surface area contributed by atoms with Crippen molar-refractivity contribution in [1.29, 1.82) is 0 Å². The Bertz CT molecular complexity index is 897. The maximum atomic E-state index is 10.9. The number of methoxy groups -OCH3 is 1. The molecule has 0 fully saturated rings. The molecule has 3 heteroatoms. The molecule has 0 heterocycles. The Balaban J connectivity index is 1.99. The third-order valence-corrected chi connectivity index (χ3v) is 3.71. The van der Waals surface area contributed by atoms with E-state index >= 15 is 0 Å². The van der Waals surface area contributed by atoms with Gasteiger partial charge in [0.1, 0.15) is 5.75 Å². The molecule has 1 amide bonds. The van der Waals surface area contributed by atoms with Crippen LogP contribution in [0.4, 0.5) is 0 Å². The van der Waals surface area contributed by atoms with Crippen molar-refractivity contribution in [3.8, 4) is 16.9 Å². The van der Waals surface area contributed by atoms with Gasteiger partial charge in [-0.2, -0.15) is 0 Å². The number of hydrogen-bond acceptors (Lipinski definition) is 2. The van der Waals surface area contributed by atoms with Crippen LogP contribution in [-0.2, 0) is 4.79 Å². The lowest BCUT2D eigenvalue weighted by Gasteiger charge is -2.07. The average Bonchev–Trinajstić information content (AvgIpc) is 2.59. The van der Waals surface area contributed by atoms with Gasteiger partial charge in [-0.1, -0.05) is 36.4 Å². The molecule has 3 rings (SSSR count). The summed E-state index contributed by atoms with van der Waals surface area (Å²) < 4.78 is 5.25. The number of fused-ring (bicyclic) bond motifs is 1. The Kier molecular flexibility index (Phi) is 4.11. The fraction of sp³-hybridized carbons (Fsp3) is 0.0500. The molecule has 3 aromatic carbocycles. The van der Waals surface area contributed by atoms with Gasteiger partial charge >= 0.3 is 0 Å². The fourth-order valence-electron chi connectivity index (χ4n) is 2.53. The van der Waals surface area contributed by atoms with Gasteiger partial charge in [0, 0.05) is 6.08 Å². The predicted octanol–water partition coefficient (Wildman–Crippen LogP) is 4.01. The minimum Gasteiger partial charge on any atom is -0.497 e. The maximum absolute atomic E-state index is 10.9. The molecule has 3 aromatic rings. The SMILES string of the molecule is COc1ccc2cc(-c3cccc(/C=C\C(N)=O)c3)ccc2c1. The molecule has 0 aliphatic rings. The number of carbonyl (C=O) groups is 1. The highest BCUT2D eigenvalue weighted by molar-refractivity contribution is 5.91. The van der Waals surface area contributed by atoms with Crippen molar-refractivity contribution in [2.24, 2.45) is 5.73 Å². The van der Waals surface area contributed by atoms with Crippen LogP contribution < -0.4 is 10.5 Å². The van der Waals surface area contributed by atoms with E-state index in [1.54, 1.807) is 13.2 Å². The second kappa shape index (κ2) is 6.36. The first kappa shape index (κ1) is 14.9. The summed E-state index contributed by atoms with van der Waals surface area (Å²) in [6.45, 7) is 0. The van der Waals surface area contributed by atoms with Crippen molar-refractivity contribution in [2.45, 2.75) is 0 Å². The highest BCUT2D eigenvalue weighted by Crippen LogP contribution is 2.27. The van der Waals surface area contributed by atoms with Gasteiger partial charge < -0.3 is 10.5 Å². The van der Waals surface area contributed by atoms with Gasteiger partial charge in [0.15, 0.2) is 0 Å². The molecule has 0 saturated heterocycles. The van der Waals surface area contributed by atoms with Gasteiger partial charge in [-0.15, -0.1) is 0 Å². The van der Waals surface area contributed by atoms with Crippen LogP contribution >= 0.6 is 0 Å². The molecule has 0 aliphatic carbocycles. The molecular formula is C20H17NO2. The number of nitrogens with two attached hydrogens (primary N) is 1. The van der Waals surface area contributed by atoms with Crippen molar-refractivity contribution < 1.29 is 9.53 Å². The molecule has 0 aromatic heterocycles. The van der Waals surface area contributed by atoms with Crippen molar-refractivity contribution in [3.05, 3.63) is 72.3 Å². The third kappa shape index (κ3) is 3.40. The summed E-state index contributed by atoms with van der Waals surface area (Å²) in [7, 11) is 1.67. The molecule has 0 atom stereocenters. The quantitative estimate of drug-likeness (QED) is 0.740. The standard InChI is InChI=1S/C20H17NO2/c1-23-19-9-8-17-12-16(6-7-18(17)13-19)15-4-2-3-14(11-15)5-10-20(21)22/h2-13H,1H3,(H2,21,22)/b10-5-. The molecule has 0 saturated carbocycles. The van der Waals surface area contributed by atoms with Crippen LogP contribution in [0.1, 0.15) is 5.56 Å². The van der Waals surface area contributed by atoms with Crippen molar-refractivity contribution in [3.63, 3.8) is 0 Å². The first-order valence-corrected chi connectivity index (χ1v) is 7.31. The van der Waals surface area contributed by atoms with E-state index in [-0.39, 0.29) is 0 Å². The zero-order valence-electron chi connectivity index (χ0n) is 12.8. The number of amides is 1. The number of carbonyl (C=O) groups excluding carboxylic acids is 1. The lowest BCUT2D eigenvalue weighted by atomic mass is 9.99. The van der Waals surface area contributed by atoms with E-state index in [4.69, 9.17) is 10.5 Å². The molecule has 0 unspecified atom stereocenters. The van der Waals surface area contributed by atoms with Crippen LogP contribution in [-0.4, -0.2) is 13.0 Å². The number of rotatable bonds is 4. The molecule has 23 heavy (non-hydrogen) atoms. The highest BCUT2D eigenvalue weighted by atomic mass is 16.5. The van der Waals surface area contributed by atoms with Gasteiger partial charge in [0.05, 0.1) is 7.11 Å². The Morgan fingerprint density at radius 1 is 0.957 bits per heavy atom. The average molecular weight is 303 g/mol. The molecule has 0 bridgehead atoms. The third-order valence-electron chi connectivity index (χ3n) is 3.71. The van der Waals surface area contributed by atoms with Gasteiger partial charge in [0.2, 0.25) is 5.91 Å². The highest BCUT2D eigenvalue weighted by Gasteiger charge is 2.02. The minimum atomic E-state index is -0.449. The monoisotopic (exact) mass is 303 g/mol. The van der Waals surface area contributed by atoms with Crippen LogP contribution in [0.3, 0.4) is 0 Å². The van der Waals surface area contributed by atoms with E-state index in [2.05, 4.69) is 24.3 Å². The number of hydrogen-bond donors (Lipinski definition) is 1. The van der Waals surface area contributed by atoms with E-state index in [1.807, 2.05) is 36.4 Å². The molecule has 2 N–H and O–H groups in total. The minimum absolute atomic E-state index is 0.449. The van der Waals surface area contributed by atoms with Crippen LogP contribution in [0.15, 0.2) is 66.7 Å². The Morgan fingerprint density at radius 2 is 1.70 bits per heavy atom. The van der Waals surface area contributed by atoms with E-state index in [0.717, 1.165) is 33.2 Å². The Hall–Kier alpha value is -3.07. The second-order valence-electron chi connectivity index (χ2n) is 5.29. The smallest absolute Gasteiger partial charge is 0.241 e. The van der Waals surface area contributed by atoms with Crippen LogP contribution in [0.5, 0.6) is 5.75 Å². The fourth-order valence-corrected chi connectivity index (χ4v) is 2.53. The summed E-state index contributed by atoms with van der Waals surface area (Å²) in [5.41, 5.74) is 8.29. The predicted molar refractivity (Wildman–Crippen MR) is 94.2 cm³/mol. The van der Waals surface area contributed by atoms with Gasteiger partial charge in [-0.25, -0.2) is 0 Å². The second-order valence-corrected chi connectivity index (χ2v) is 5.29. The molecule has 114 valence electrons. The summed E-state index contributed by atoms with van der Waals surface area (Å²) in [6, 6.07) is 20.3. The zero-order valence-corrected chi connectivity index (χ0v) is 12.8. The number of benzene rings is 3. The first-order valence-electron chi connectivity index (χ1n) is 7.31. The molecule has 0 spiro atoms. The number of primary amides is 1. The van der Waals surface area contributed by atoms with Crippen molar-refractivity contribution in [2.75, 3.05) is 7.11 Å². The van der Waals surface area contributed by atoms with E-state index in [9.17, 15) is 4.79 Å². The molecule has 3 nitrogen and oxygen atoms in total. The molecule has 0 radical (unpaired) electrons. The Labute approximate surface area is 135 Å². The summed E-state index contributed by atoms with van der Waals surface area (Å²) in [4.78, 5) is 10.9. The van der Waals surface area contributed by atoms with Gasteiger partial charge in [-0.05, 0) is 57.8 Å². The summed E-state index contributed by atoms with van der Waals surface area (Å²) >= 11 is 0. The van der Waals surface area contributed by atoms with Gasteiger partial charge in [0.25, 0.3) is 0 Å². The van der Waals surface area contributed by atoms with E-state index < -0.39 is 5.91 Å². The van der Waals surface area contributed by atoms with Crippen LogP contribution in [0.25, 0.3) is 28.0 Å². The normalized spacial score (nSPS) is 11.0. The molecular weight excluding hydrogens is 286 g/mol. The largest absolute Gasteiger partial charge is 0.497 e. The van der Waals surface area contributed by atoms with E-state index in [1.165, 1.54) is 6.08 Å². The van der Waals surface area contributed by atoms with Crippen LogP contribution in [0.2, 0.25) is 0 Å². The summed E-state index contributed by atoms with van der Waals surface area (Å²) in [5.74, 6) is 0.402. The molecule has 0 aliphatic heterocycles. The maximum Gasteiger partial charge on any atom is 0.241 e. The first-order chi connectivity index (χ1) is 11.2. The Morgan fingerprint density at radius 3 is 2.48 bits per heavy atom. The topological polar surface area (TPSA) is 52.3 Å². The van der Waals surface area contributed by atoms with Crippen LogP contribution in [0, 0.1) is 0 Å².